The highest BCUT2D eigenvalue weighted by Crippen LogP contribution is 2.30. The third-order valence-corrected chi connectivity index (χ3v) is 3.28. The molecule has 2 N–H and O–H groups in total. The SMILES string of the molecule is N#Cc1c(Nc2ccccc2Cl)[nH]c2ccccc12. The van der Waals surface area contributed by atoms with Crippen LogP contribution in [0.3, 0.4) is 0 Å². The highest BCUT2D eigenvalue weighted by Gasteiger charge is 2.11. The first-order valence-corrected chi connectivity index (χ1v) is 6.20. The number of hydrogen-bond acceptors (Lipinski definition) is 2. The third-order valence-electron chi connectivity index (χ3n) is 2.95. The molecule has 0 saturated heterocycles. The minimum atomic E-state index is 0.593. The van der Waals surface area contributed by atoms with Gasteiger partial charge in [-0.2, -0.15) is 5.26 Å². The Morgan fingerprint density at radius 2 is 1.79 bits per heavy atom. The summed E-state index contributed by atoms with van der Waals surface area (Å²) in [5.74, 6) is 0.664. The highest BCUT2D eigenvalue weighted by molar-refractivity contribution is 6.33. The van der Waals surface area contributed by atoms with Crippen LogP contribution in [0.25, 0.3) is 10.9 Å². The summed E-state index contributed by atoms with van der Waals surface area (Å²) in [6, 6.07) is 17.4. The van der Waals surface area contributed by atoms with Crippen LogP contribution in [0.15, 0.2) is 48.5 Å². The van der Waals surface area contributed by atoms with Crippen molar-refractivity contribution in [2.75, 3.05) is 5.32 Å². The average Bonchev–Trinajstić information content (AvgIpc) is 2.78. The number of para-hydroxylation sites is 2. The summed E-state index contributed by atoms with van der Waals surface area (Å²) >= 11 is 6.11. The molecule has 2 aromatic carbocycles. The van der Waals surface area contributed by atoms with E-state index in [-0.39, 0.29) is 0 Å². The number of fused-ring (bicyclic) bond motifs is 1. The summed E-state index contributed by atoms with van der Waals surface area (Å²) in [5, 5.41) is 14.0. The van der Waals surface area contributed by atoms with E-state index in [0.717, 1.165) is 16.6 Å². The minimum absolute atomic E-state index is 0.593. The van der Waals surface area contributed by atoms with E-state index in [9.17, 15) is 5.26 Å². The fourth-order valence-electron chi connectivity index (χ4n) is 2.05. The van der Waals surface area contributed by atoms with E-state index in [0.29, 0.717) is 16.4 Å². The number of aromatic amines is 1. The van der Waals surface area contributed by atoms with Gasteiger partial charge in [0.05, 0.1) is 10.7 Å². The van der Waals surface area contributed by atoms with E-state index >= 15 is 0 Å². The average molecular weight is 268 g/mol. The number of aromatic nitrogens is 1. The standard InChI is InChI=1S/C15H10ClN3/c16-12-6-2-4-8-14(12)19-15-11(9-17)10-5-1-3-7-13(10)18-15/h1-8,18-19H. The van der Waals surface area contributed by atoms with E-state index in [1.165, 1.54) is 0 Å². The molecule has 0 aliphatic carbocycles. The zero-order chi connectivity index (χ0) is 13.2. The Kier molecular flexibility index (Phi) is 2.86. The molecule has 4 heteroatoms. The lowest BCUT2D eigenvalue weighted by Crippen LogP contribution is -1.93. The number of halogens is 1. The summed E-state index contributed by atoms with van der Waals surface area (Å²) in [6.07, 6.45) is 0. The molecule has 0 bridgehead atoms. The Bertz CT molecular complexity index is 783. The molecule has 0 unspecified atom stereocenters. The Morgan fingerprint density at radius 1 is 1.05 bits per heavy atom. The predicted molar refractivity (Wildman–Crippen MR) is 77.7 cm³/mol. The molecule has 0 fully saturated rings. The molecule has 3 aromatic rings. The predicted octanol–water partition coefficient (Wildman–Crippen LogP) is 4.44. The summed E-state index contributed by atoms with van der Waals surface area (Å²) in [7, 11) is 0. The van der Waals surface area contributed by atoms with Gasteiger partial charge in [0, 0.05) is 10.9 Å². The van der Waals surface area contributed by atoms with Crippen molar-refractivity contribution in [3.05, 3.63) is 59.1 Å². The Labute approximate surface area is 115 Å². The number of H-pyrrole nitrogens is 1. The van der Waals surface area contributed by atoms with Gasteiger partial charge in [-0.1, -0.05) is 41.9 Å². The number of nitrogens with one attached hydrogen (secondary N) is 2. The van der Waals surface area contributed by atoms with Crippen LogP contribution in [0.2, 0.25) is 5.02 Å². The molecule has 0 atom stereocenters. The van der Waals surface area contributed by atoms with Crippen molar-refractivity contribution in [1.82, 2.24) is 4.98 Å². The van der Waals surface area contributed by atoms with Crippen molar-refractivity contribution in [3.8, 4) is 6.07 Å². The van der Waals surface area contributed by atoms with Crippen molar-refractivity contribution >= 4 is 34.0 Å². The smallest absolute Gasteiger partial charge is 0.127 e. The van der Waals surface area contributed by atoms with E-state index in [2.05, 4.69) is 16.4 Å². The maximum Gasteiger partial charge on any atom is 0.127 e. The van der Waals surface area contributed by atoms with Gasteiger partial charge in [0.1, 0.15) is 17.5 Å². The number of nitriles is 1. The van der Waals surface area contributed by atoms with Crippen LogP contribution < -0.4 is 5.32 Å². The van der Waals surface area contributed by atoms with Gasteiger partial charge in [-0.15, -0.1) is 0 Å². The lowest BCUT2D eigenvalue weighted by molar-refractivity contribution is 1.40. The summed E-state index contributed by atoms with van der Waals surface area (Å²) in [6.45, 7) is 0. The van der Waals surface area contributed by atoms with Gasteiger partial charge in [-0.05, 0) is 18.2 Å². The molecule has 0 amide bonds. The molecule has 3 nitrogen and oxygen atoms in total. The van der Waals surface area contributed by atoms with E-state index < -0.39 is 0 Å². The van der Waals surface area contributed by atoms with E-state index in [1.54, 1.807) is 6.07 Å². The highest BCUT2D eigenvalue weighted by atomic mass is 35.5. The summed E-state index contributed by atoms with van der Waals surface area (Å²) in [5.41, 5.74) is 2.29. The number of nitrogens with zero attached hydrogens (tertiary/aromatic N) is 1. The van der Waals surface area contributed by atoms with Gasteiger partial charge in [0.25, 0.3) is 0 Å². The van der Waals surface area contributed by atoms with Crippen LogP contribution in [0.1, 0.15) is 5.56 Å². The molecule has 0 radical (unpaired) electrons. The molecular weight excluding hydrogens is 258 g/mol. The second-order valence-electron chi connectivity index (χ2n) is 4.14. The van der Waals surface area contributed by atoms with Crippen LogP contribution >= 0.6 is 11.6 Å². The van der Waals surface area contributed by atoms with Gasteiger partial charge in [-0.25, -0.2) is 0 Å². The van der Waals surface area contributed by atoms with E-state index in [1.807, 2.05) is 42.5 Å². The fourth-order valence-corrected chi connectivity index (χ4v) is 2.23. The van der Waals surface area contributed by atoms with Crippen LogP contribution in [-0.2, 0) is 0 Å². The second-order valence-corrected chi connectivity index (χ2v) is 4.54. The zero-order valence-corrected chi connectivity index (χ0v) is 10.7. The lowest BCUT2D eigenvalue weighted by atomic mass is 10.2. The van der Waals surface area contributed by atoms with Gasteiger partial charge >= 0.3 is 0 Å². The molecule has 0 spiro atoms. The van der Waals surface area contributed by atoms with Gasteiger partial charge < -0.3 is 10.3 Å². The first kappa shape index (κ1) is 11.6. The number of anilines is 2. The van der Waals surface area contributed by atoms with Crippen LogP contribution in [0, 0.1) is 11.3 Å². The zero-order valence-electron chi connectivity index (χ0n) is 9.94. The van der Waals surface area contributed by atoms with E-state index in [4.69, 9.17) is 11.6 Å². The molecule has 0 aliphatic rings. The fraction of sp³-hybridized carbons (Fsp3) is 0. The number of benzene rings is 2. The Morgan fingerprint density at radius 3 is 2.58 bits per heavy atom. The first-order chi connectivity index (χ1) is 9.29. The van der Waals surface area contributed by atoms with Crippen molar-refractivity contribution in [1.29, 1.82) is 5.26 Å². The van der Waals surface area contributed by atoms with Crippen molar-refractivity contribution in [2.24, 2.45) is 0 Å². The van der Waals surface area contributed by atoms with Crippen molar-refractivity contribution in [2.45, 2.75) is 0 Å². The topological polar surface area (TPSA) is 51.6 Å². The monoisotopic (exact) mass is 267 g/mol. The molecule has 3 rings (SSSR count). The van der Waals surface area contributed by atoms with Crippen molar-refractivity contribution in [3.63, 3.8) is 0 Å². The van der Waals surface area contributed by atoms with Crippen molar-refractivity contribution < 1.29 is 0 Å². The van der Waals surface area contributed by atoms with Gasteiger partial charge in [0.15, 0.2) is 0 Å². The minimum Gasteiger partial charge on any atom is -0.340 e. The number of rotatable bonds is 2. The molecule has 1 heterocycles. The molecule has 92 valence electrons. The lowest BCUT2D eigenvalue weighted by Gasteiger charge is -2.06. The Balaban J connectivity index is 2.11. The first-order valence-electron chi connectivity index (χ1n) is 5.82. The molecule has 19 heavy (non-hydrogen) atoms. The van der Waals surface area contributed by atoms with Crippen LogP contribution in [0.5, 0.6) is 0 Å². The Hall–Kier alpha value is -2.44. The quantitative estimate of drug-likeness (QED) is 0.721. The third kappa shape index (κ3) is 2.03. The molecular formula is C15H10ClN3. The van der Waals surface area contributed by atoms with Gasteiger partial charge in [-0.3, -0.25) is 0 Å². The number of hydrogen-bond donors (Lipinski definition) is 2. The van der Waals surface area contributed by atoms with Gasteiger partial charge in [0.2, 0.25) is 0 Å². The largest absolute Gasteiger partial charge is 0.340 e. The van der Waals surface area contributed by atoms with Crippen LogP contribution in [0.4, 0.5) is 11.5 Å². The molecule has 0 saturated carbocycles. The summed E-state index contributed by atoms with van der Waals surface area (Å²) in [4.78, 5) is 3.20. The molecule has 1 aromatic heterocycles. The maximum atomic E-state index is 9.31. The second kappa shape index (κ2) is 4.68. The van der Waals surface area contributed by atoms with Crippen LogP contribution in [-0.4, -0.2) is 4.98 Å². The normalized spacial score (nSPS) is 10.3. The maximum absolute atomic E-state index is 9.31. The molecule has 0 aliphatic heterocycles. The summed E-state index contributed by atoms with van der Waals surface area (Å²) < 4.78 is 0.